The van der Waals surface area contributed by atoms with E-state index in [1.807, 2.05) is 37.3 Å². The molecule has 156 valence electrons. The van der Waals surface area contributed by atoms with Gasteiger partial charge in [0, 0.05) is 23.5 Å². The fraction of sp³-hybridized carbons (Fsp3) is 0.320. The number of fused-ring (bicyclic) bond motifs is 1. The molecule has 3 aromatic rings. The number of hydrogen-bond donors (Lipinski definition) is 1. The average Bonchev–Trinajstić information content (AvgIpc) is 3.32. The molecule has 1 aliphatic rings. The van der Waals surface area contributed by atoms with E-state index in [0.717, 1.165) is 59.6 Å². The minimum atomic E-state index is -0.382. The van der Waals surface area contributed by atoms with Gasteiger partial charge in [0.15, 0.2) is 11.5 Å². The lowest BCUT2D eigenvalue weighted by molar-refractivity contribution is 0.1000. The number of amides is 1. The van der Waals surface area contributed by atoms with E-state index >= 15 is 0 Å². The van der Waals surface area contributed by atoms with Crippen LogP contribution in [0.4, 0.5) is 0 Å². The molecule has 5 nitrogen and oxygen atoms in total. The van der Waals surface area contributed by atoms with Gasteiger partial charge in [0.05, 0.1) is 5.56 Å². The average molecular weight is 405 g/mol. The normalized spacial score (nSPS) is 12.3. The van der Waals surface area contributed by atoms with Gasteiger partial charge in [0.2, 0.25) is 6.79 Å². The van der Waals surface area contributed by atoms with Crippen LogP contribution in [-0.4, -0.2) is 17.3 Å². The van der Waals surface area contributed by atoms with Gasteiger partial charge < -0.3 is 19.8 Å². The molecule has 0 aliphatic carbocycles. The summed E-state index contributed by atoms with van der Waals surface area (Å²) in [7, 11) is 0. The second kappa shape index (κ2) is 8.66. The smallest absolute Gasteiger partial charge is 0.251 e. The van der Waals surface area contributed by atoms with Crippen molar-refractivity contribution < 1.29 is 14.3 Å². The lowest BCUT2D eigenvalue weighted by Crippen LogP contribution is -2.13. The molecule has 1 amide bonds. The summed E-state index contributed by atoms with van der Waals surface area (Å²) in [5.41, 5.74) is 11.7. The van der Waals surface area contributed by atoms with E-state index in [1.165, 1.54) is 5.69 Å². The molecule has 1 aliphatic heterocycles. The number of hydrogen-bond acceptors (Lipinski definition) is 3. The lowest BCUT2D eigenvalue weighted by Gasteiger charge is -2.14. The number of carbonyl (C=O) groups excluding carboxylic acids is 1. The first-order chi connectivity index (χ1) is 14.6. The highest BCUT2D eigenvalue weighted by Gasteiger charge is 2.25. The van der Waals surface area contributed by atoms with Crippen LogP contribution in [0.1, 0.15) is 53.5 Å². The maximum Gasteiger partial charge on any atom is 0.251 e. The van der Waals surface area contributed by atoms with Crippen LogP contribution in [0.25, 0.3) is 11.1 Å². The number of rotatable bonds is 8. The predicted octanol–water partition coefficient (Wildman–Crippen LogP) is 5.07. The van der Waals surface area contributed by atoms with E-state index in [1.54, 1.807) is 0 Å². The summed E-state index contributed by atoms with van der Waals surface area (Å²) in [4.78, 5) is 12.5. The van der Waals surface area contributed by atoms with E-state index < -0.39 is 0 Å². The number of nitrogens with zero attached hydrogens (tertiary/aromatic N) is 1. The van der Waals surface area contributed by atoms with Gasteiger partial charge in [0.25, 0.3) is 5.91 Å². The van der Waals surface area contributed by atoms with Gasteiger partial charge in [-0.05, 0) is 43.0 Å². The Morgan fingerprint density at radius 2 is 1.83 bits per heavy atom. The van der Waals surface area contributed by atoms with Crippen LogP contribution in [0.15, 0.2) is 48.5 Å². The number of benzene rings is 2. The van der Waals surface area contributed by atoms with Crippen molar-refractivity contribution in [1.82, 2.24) is 4.57 Å². The summed E-state index contributed by atoms with van der Waals surface area (Å²) in [5.74, 6) is 1.16. The number of ether oxygens (including phenoxy) is 2. The number of unbranched alkanes of at least 4 members (excludes halogenated alkanes) is 2. The van der Waals surface area contributed by atoms with Crippen LogP contribution in [0.2, 0.25) is 0 Å². The van der Waals surface area contributed by atoms with Crippen LogP contribution in [0.3, 0.4) is 0 Å². The highest BCUT2D eigenvalue weighted by Crippen LogP contribution is 2.36. The fourth-order valence-corrected chi connectivity index (χ4v) is 4.25. The monoisotopic (exact) mass is 404 g/mol. The Morgan fingerprint density at radius 3 is 2.57 bits per heavy atom. The summed E-state index contributed by atoms with van der Waals surface area (Å²) in [6, 6.07) is 16.1. The van der Waals surface area contributed by atoms with E-state index in [9.17, 15) is 4.79 Å². The lowest BCUT2D eigenvalue weighted by atomic mass is 9.97. The van der Waals surface area contributed by atoms with Gasteiger partial charge in [-0.25, -0.2) is 0 Å². The molecule has 0 unspecified atom stereocenters. The van der Waals surface area contributed by atoms with Crippen molar-refractivity contribution in [3.63, 3.8) is 0 Å². The molecular weight excluding hydrogens is 376 g/mol. The van der Waals surface area contributed by atoms with Gasteiger partial charge in [-0.15, -0.1) is 0 Å². The molecule has 1 aromatic heterocycles. The number of carbonyl (C=O) groups is 1. The van der Waals surface area contributed by atoms with Crippen LogP contribution in [0.5, 0.6) is 11.5 Å². The van der Waals surface area contributed by atoms with E-state index in [2.05, 4.69) is 29.7 Å². The summed E-state index contributed by atoms with van der Waals surface area (Å²) in [6.45, 7) is 5.09. The molecule has 0 spiro atoms. The SMILES string of the molecule is CCCCCc1c(-c2ccccc2)c(C(N)=O)c(C)n1Cc1ccc2c(c1)OCO2. The van der Waals surface area contributed by atoms with Gasteiger partial charge in [0.1, 0.15) is 0 Å². The number of aromatic nitrogens is 1. The number of nitrogens with two attached hydrogens (primary N) is 1. The zero-order valence-electron chi connectivity index (χ0n) is 17.6. The zero-order valence-corrected chi connectivity index (χ0v) is 17.6. The molecule has 2 heterocycles. The van der Waals surface area contributed by atoms with Gasteiger partial charge >= 0.3 is 0 Å². The minimum Gasteiger partial charge on any atom is -0.454 e. The molecular formula is C25H28N2O3. The molecule has 2 aromatic carbocycles. The van der Waals surface area contributed by atoms with Crippen LogP contribution in [-0.2, 0) is 13.0 Å². The van der Waals surface area contributed by atoms with Crippen LogP contribution in [0, 0.1) is 6.92 Å². The standard InChI is InChI=1S/C25H28N2O3/c1-3-4-6-11-20-24(19-9-7-5-8-10-19)23(25(26)28)17(2)27(20)15-18-12-13-21-22(14-18)30-16-29-21/h5,7-10,12-14H,3-4,6,11,15-16H2,1-2H3,(H2,26,28). The van der Waals surface area contributed by atoms with E-state index in [4.69, 9.17) is 15.2 Å². The Morgan fingerprint density at radius 1 is 1.07 bits per heavy atom. The second-order valence-electron chi connectivity index (χ2n) is 7.74. The van der Waals surface area contributed by atoms with E-state index in [0.29, 0.717) is 12.1 Å². The molecule has 0 fully saturated rings. The van der Waals surface area contributed by atoms with Crippen molar-refractivity contribution in [1.29, 1.82) is 0 Å². The van der Waals surface area contributed by atoms with Crippen molar-refractivity contribution >= 4 is 5.91 Å². The first-order valence-corrected chi connectivity index (χ1v) is 10.6. The Hall–Kier alpha value is -3.21. The largest absolute Gasteiger partial charge is 0.454 e. The Kier molecular flexibility index (Phi) is 5.79. The highest BCUT2D eigenvalue weighted by molar-refractivity contribution is 6.02. The third kappa shape index (κ3) is 3.80. The first kappa shape index (κ1) is 20.1. The Balaban J connectivity index is 1.83. The van der Waals surface area contributed by atoms with Crippen molar-refractivity contribution in [3.8, 4) is 22.6 Å². The minimum absolute atomic E-state index is 0.258. The molecule has 0 bridgehead atoms. The van der Waals surface area contributed by atoms with Crippen molar-refractivity contribution in [3.05, 3.63) is 71.0 Å². The highest BCUT2D eigenvalue weighted by atomic mass is 16.7. The summed E-state index contributed by atoms with van der Waals surface area (Å²) in [6.07, 6.45) is 4.26. The van der Waals surface area contributed by atoms with Gasteiger partial charge in [-0.3, -0.25) is 4.79 Å². The molecule has 30 heavy (non-hydrogen) atoms. The fourth-order valence-electron chi connectivity index (χ4n) is 4.25. The maximum absolute atomic E-state index is 12.5. The zero-order chi connectivity index (χ0) is 21.1. The third-order valence-electron chi connectivity index (χ3n) is 5.73. The summed E-state index contributed by atoms with van der Waals surface area (Å²) >= 11 is 0. The maximum atomic E-state index is 12.5. The van der Waals surface area contributed by atoms with Crippen LogP contribution >= 0.6 is 0 Å². The third-order valence-corrected chi connectivity index (χ3v) is 5.73. The molecule has 5 heteroatoms. The van der Waals surface area contributed by atoms with Crippen molar-refractivity contribution in [2.45, 2.75) is 46.1 Å². The summed E-state index contributed by atoms with van der Waals surface area (Å²) < 4.78 is 13.2. The predicted molar refractivity (Wildman–Crippen MR) is 118 cm³/mol. The Labute approximate surface area is 177 Å². The quantitative estimate of drug-likeness (QED) is 0.533. The molecule has 0 saturated carbocycles. The number of primary amides is 1. The summed E-state index contributed by atoms with van der Waals surface area (Å²) in [5, 5.41) is 0. The van der Waals surface area contributed by atoms with Crippen molar-refractivity contribution in [2.24, 2.45) is 5.73 Å². The van der Waals surface area contributed by atoms with Crippen LogP contribution < -0.4 is 15.2 Å². The molecule has 4 rings (SSSR count). The first-order valence-electron chi connectivity index (χ1n) is 10.6. The molecule has 0 saturated heterocycles. The topological polar surface area (TPSA) is 66.5 Å². The molecule has 2 N–H and O–H groups in total. The van der Waals surface area contributed by atoms with Gasteiger partial charge in [-0.2, -0.15) is 0 Å². The second-order valence-corrected chi connectivity index (χ2v) is 7.74. The van der Waals surface area contributed by atoms with Gasteiger partial charge in [-0.1, -0.05) is 56.2 Å². The van der Waals surface area contributed by atoms with Crippen molar-refractivity contribution in [2.75, 3.05) is 6.79 Å². The molecule has 0 atom stereocenters. The van der Waals surface area contributed by atoms with E-state index in [-0.39, 0.29) is 12.7 Å². The Bertz CT molecular complexity index is 1050. The molecule has 0 radical (unpaired) electrons.